The van der Waals surface area contributed by atoms with E-state index >= 15 is 0 Å². The van der Waals surface area contributed by atoms with E-state index in [9.17, 15) is 14.0 Å². The van der Waals surface area contributed by atoms with E-state index in [1.165, 1.54) is 6.07 Å². The predicted octanol–water partition coefficient (Wildman–Crippen LogP) is 3.07. The van der Waals surface area contributed by atoms with Gasteiger partial charge in [-0.1, -0.05) is 48.5 Å². The Kier molecular flexibility index (Phi) is 6.56. The van der Waals surface area contributed by atoms with Gasteiger partial charge in [0, 0.05) is 31.6 Å². The van der Waals surface area contributed by atoms with Crippen molar-refractivity contribution in [3.05, 3.63) is 95.4 Å². The maximum Gasteiger partial charge on any atom is 0.248 e. The van der Waals surface area contributed by atoms with Crippen molar-refractivity contribution in [2.75, 3.05) is 5.32 Å². The lowest BCUT2D eigenvalue weighted by Crippen LogP contribution is -2.51. The van der Waals surface area contributed by atoms with E-state index in [4.69, 9.17) is 5.73 Å². The fraction of sp³-hybridized carbons (Fsp3) is 0.240. The number of carbonyl (C=O) groups excluding carboxylic acids is 2. The van der Waals surface area contributed by atoms with Crippen molar-refractivity contribution in [2.24, 2.45) is 5.73 Å². The molecular formula is C25H25FN4O2. The van der Waals surface area contributed by atoms with Crippen LogP contribution in [0.4, 0.5) is 10.2 Å². The molecule has 0 unspecified atom stereocenters. The molecule has 0 spiro atoms. The summed E-state index contributed by atoms with van der Waals surface area (Å²) in [5.41, 5.74) is 8.71. The highest BCUT2D eigenvalue weighted by Crippen LogP contribution is 2.25. The third-order valence-electron chi connectivity index (χ3n) is 5.66. The van der Waals surface area contributed by atoms with Crippen LogP contribution in [0.5, 0.6) is 0 Å². The molecule has 1 aliphatic rings. The van der Waals surface area contributed by atoms with Gasteiger partial charge in [0.15, 0.2) is 0 Å². The van der Waals surface area contributed by atoms with Crippen molar-refractivity contribution in [1.82, 2.24) is 9.88 Å². The number of anilines is 1. The number of hydrogen-bond donors (Lipinski definition) is 2. The summed E-state index contributed by atoms with van der Waals surface area (Å²) in [6.07, 6.45) is 2.26. The number of nitrogens with one attached hydrogen (secondary N) is 1. The molecular weight excluding hydrogens is 407 g/mol. The number of pyridine rings is 1. The Hall–Kier alpha value is -3.58. The number of nitrogens with two attached hydrogens (primary N) is 1. The summed E-state index contributed by atoms with van der Waals surface area (Å²) in [6.45, 7) is 0.321. The van der Waals surface area contributed by atoms with Gasteiger partial charge in [-0.3, -0.25) is 9.59 Å². The van der Waals surface area contributed by atoms with Crippen LogP contribution >= 0.6 is 0 Å². The Morgan fingerprint density at radius 1 is 1.06 bits per heavy atom. The van der Waals surface area contributed by atoms with Crippen molar-refractivity contribution in [1.29, 1.82) is 0 Å². The Morgan fingerprint density at radius 2 is 1.78 bits per heavy atom. The number of benzene rings is 2. The molecule has 0 aliphatic carbocycles. The van der Waals surface area contributed by atoms with Crippen LogP contribution in [0.3, 0.4) is 0 Å². The fourth-order valence-electron chi connectivity index (χ4n) is 4.03. The highest BCUT2D eigenvalue weighted by Gasteiger charge is 2.35. The number of carbonyl (C=O) groups is 2. The second-order valence-corrected chi connectivity index (χ2v) is 7.97. The number of hydrogen-bond acceptors (Lipinski definition) is 4. The first-order valence-corrected chi connectivity index (χ1v) is 10.6. The molecule has 0 radical (unpaired) electrons. The number of aromatic nitrogens is 1. The molecule has 2 atom stereocenters. The van der Waals surface area contributed by atoms with Gasteiger partial charge < -0.3 is 16.0 Å². The molecule has 6 nitrogen and oxygen atoms in total. The summed E-state index contributed by atoms with van der Waals surface area (Å²) in [7, 11) is 0. The van der Waals surface area contributed by atoms with Crippen molar-refractivity contribution >= 4 is 17.6 Å². The molecule has 32 heavy (non-hydrogen) atoms. The Balaban J connectivity index is 1.51. The molecule has 3 aromatic rings. The lowest BCUT2D eigenvalue weighted by atomic mass is 9.92. The minimum atomic E-state index is -0.680. The monoisotopic (exact) mass is 432 g/mol. The van der Waals surface area contributed by atoms with Crippen LogP contribution in [0.2, 0.25) is 0 Å². The quantitative estimate of drug-likeness (QED) is 0.627. The van der Waals surface area contributed by atoms with Gasteiger partial charge in [-0.15, -0.1) is 0 Å². The zero-order valence-electron chi connectivity index (χ0n) is 17.6. The molecule has 0 saturated carbocycles. The summed E-state index contributed by atoms with van der Waals surface area (Å²) in [6, 6.07) is 18.2. The van der Waals surface area contributed by atoms with E-state index in [-0.39, 0.29) is 30.5 Å². The number of amides is 2. The van der Waals surface area contributed by atoms with Gasteiger partial charge in [-0.2, -0.15) is 0 Å². The van der Waals surface area contributed by atoms with Gasteiger partial charge in [0.2, 0.25) is 11.8 Å². The Bertz CT molecular complexity index is 1110. The zero-order valence-corrected chi connectivity index (χ0v) is 17.6. The molecule has 2 amide bonds. The first-order chi connectivity index (χ1) is 15.5. The molecule has 4 rings (SSSR count). The molecule has 1 aliphatic heterocycles. The van der Waals surface area contributed by atoms with Crippen LogP contribution in [0.25, 0.3) is 0 Å². The number of fused-ring (bicyclic) bond motifs is 1. The molecule has 3 N–H and O–H groups in total. The predicted molar refractivity (Wildman–Crippen MR) is 120 cm³/mol. The first-order valence-electron chi connectivity index (χ1n) is 10.6. The van der Waals surface area contributed by atoms with Gasteiger partial charge in [0.25, 0.3) is 0 Å². The van der Waals surface area contributed by atoms with E-state index < -0.39 is 12.1 Å². The van der Waals surface area contributed by atoms with Crippen molar-refractivity contribution < 1.29 is 14.0 Å². The molecule has 0 fully saturated rings. The Labute approximate surface area is 186 Å². The maximum absolute atomic E-state index is 14.0. The standard InChI is InChI=1S/C25H25FN4O2/c26-21-10-4-3-8-18(21)13-20(27)15-24(31)30-16-19-9-2-1-7-17(19)14-22(30)25(32)29-23-11-5-6-12-28-23/h1-12,20,22H,13-16,27H2,(H,28,29,32)/t20-,22+/m1/s1. The van der Waals surface area contributed by atoms with E-state index in [0.717, 1.165) is 11.1 Å². The minimum Gasteiger partial charge on any atom is -0.327 e. The van der Waals surface area contributed by atoms with Gasteiger partial charge in [0.05, 0.1) is 0 Å². The summed E-state index contributed by atoms with van der Waals surface area (Å²) in [5, 5.41) is 2.80. The topological polar surface area (TPSA) is 88.3 Å². The van der Waals surface area contributed by atoms with Crippen LogP contribution in [0.1, 0.15) is 23.1 Å². The van der Waals surface area contributed by atoms with Crippen LogP contribution in [0, 0.1) is 5.82 Å². The molecule has 0 saturated heterocycles. The van der Waals surface area contributed by atoms with E-state index in [1.807, 2.05) is 24.3 Å². The van der Waals surface area contributed by atoms with Gasteiger partial charge in [-0.05, 0) is 41.3 Å². The average Bonchev–Trinajstić information content (AvgIpc) is 2.80. The molecule has 2 heterocycles. The van der Waals surface area contributed by atoms with Crippen LogP contribution in [-0.4, -0.2) is 33.8 Å². The van der Waals surface area contributed by atoms with Crippen LogP contribution in [0.15, 0.2) is 72.9 Å². The normalized spacial score (nSPS) is 16.2. The van der Waals surface area contributed by atoms with Crippen molar-refractivity contribution in [3.63, 3.8) is 0 Å². The van der Waals surface area contributed by atoms with E-state index in [2.05, 4.69) is 10.3 Å². The summed E-state index contributed by atoms with van der Waals surface area (Å²) < 4.78 is 14.0. The first kappa shape index (κ1) is 21.6. The van der Waals surface area contributed by atoms with Gasteiger partial charge in [-0.25, -0.2) is 9.37 Å². The largest absolute Gasteiger partial charge is 0.327 e. The third-order valence-corrected chi connectivity index (χ3v) is 5.66. The summed E-state index contributed by atoms with van der Waals surface area (Å²) in [5.74, 6) is -0.436. The maximum atomic E-state index is 14.0. The number of rotatable bonds is 6. The smallest absolute Gasteiger partial charge is 0.248 e. The molecule has 2 aromatic carbocycles. The lowest BCUT2D eigenvalue weighted by molar-refractivity contribution is -0.140. The number of halogens is 1. The second-order valence-electron chi connectivity index (χ2n) is 7.97. The highest BCUT2D eigenvalue weighted by atomic mass is 19.1. The van der Waals surface area contributed by atoms with Crippen LogP contribution < -0.4 is 11.1 Å². The van der Waals surface area contributed by atoms with Crippen molar-refractivity contribution in [2.45, 2.75) is 37.9 Å². The van der Waals surface area contributed by atoms with E-state index in [1.54, 1.807) is 47.5 Å². The average molecular weight is 432 g/mol. The fourth-order valence-corrected chi connectivity index (χ4v) is 4.03. The number of nitrogens with zero attached hydrogens (tertiary/aromatic N) is 2. The third kappa shape index (κ3) is 5.00. The van der Waals surface area contributed by atoms with Crippen LogP contribution in [-0.2, 0) is 29.0 Å². The van der Waals surface area contributed by atoms with Crippen molar-refractivity contribution in [3.8, 4) is 0 Å². The summed E-state index contributed by atoms with van der Waals surface area (Å²) >= 11 is 0. The highest BCUT2D eigenvalue weighted by molar-refractivity contribution is 5.97. The van der Waals surface area contributed by atoms with Gasteiger partial charge >= 0.3 is 0 Å². The Morgan fingerprint density at radius 3 is 2.53 bits per heavy atom. The minimum absolute atomic E-state index is 0.0177. The van der Waals surface area contributed by atoms with Gasteiger partial charge in [0.1, 0.15) is 17.7 Å². The molecule has 7 heteroatoms. The lowest BCUT2D eigenvalue weighted by Gasteiger charge is -2.36. The summed E-state index contributed by atoms with van der Waals surface area (Å²) in [4.78, 5) is 32.0. The zero-order chi connectivity index (χ0) is 22.5. The molecule has 0 bridgehead atoms. The second kappa shape index (κ2) is 9.70. The molecule has 1 aromatic heterocycles. The SMILES string of the molecule is N[C@@H](CC(=O)N1Cc2ccccc2C[C@H]1C(=O)Nc1ccccn1)Cc1ccccc1F. The van der Waals surface area contributed by atoms with E-state index in [0.29, 0.717) is 24.3 Å². The molecule has 164 valence electrons.